The zero-order valence-corrected chi connectivity index (χ0v) is 19.2. The SMILES string of the molecule is COc1ccc(-c2c(C)c3ccc(OCc4ccc(Cl)cc4Cl)cc3oc2=O)cc1OC. The number of fused-ring (bicyclic) bond motifs is 1. The van der Waals surface area contributed by atoms with Crippen molar-refractivity contribution in [3.05, 3.63) is 86.2 Å². The van der Waals surface area contributed by atoms with Gasteiger partial charge >= 0.3 is 5.63 Å². The van der Waals surface area contributed by atoms with Crippen molar-refractivity contribution < 1.29 is 18.6 Å². The number of benzene rings is 3. The van der Waals surface area contributed by atoms with Crippen molar-refractivity contribution >= 4 is 34.2 Å². The average molecular weight is 471 g/mol. The minimum Gasteiger partial charge on any atom is -0.493 e. The van der Waals surface area contributed by atoms with Crippen molar-refractivity contribution in [2.24, 2.45) is 0 Å². The van der Waals surface area contributed by atoms with Gasteiger partial charge in [-0.1, -0.05) is 35.3 Å². The van der Waals surface area contributed by atoms with Crippen LogP contribution >= 0.6 is 23.2 Å². The van der Waals surface area contributed by atoms with Crippen LogP contribution in [-0.4, -0.2) is 14.2 Å². The van der Waals surface area contributed by atoms with Gasteiger partial charge in [-0.3, -0.25) is 0 Å². The van der Waals surface area contributed by atoms with Gasteiger partial charge in [0.05, 0.1) is 19.8 Å². The minimum atomic E-state index is -0.444. The van der Waals surface area contributed by atoms with Crippen molar-refractivity contribution in [3.63, 3.8) is 0 Å². The maximum Gasteiger partial charge on any atom is 0.344 e. The molecular weight excluding hydrogens is 451 g/mol. The Morgan fingerprint density at radius 2 is 1.69 bits per heavy atom. The number of halogens is 2. The molecule has 4 rings (SSSR count). The Morgan fingerprint density at radius 3 is 2.41 bits per heavy atom. The molecule has 0 fully saturated rings. The number of methoxy groups -OCH3 is 2. The lowest BCUT2D eigenvalue weighted by molar-refractivity contribution is 0.306. The fourth-order valence-corrected chi connectivity index (χ4v) is 4.01. The number of rotatable bonds is 6. The summed E-state index contributed by atoms with van der Waals surface area (Å²) in [4.78, 5) is 12.9. The highest BCUT2D eigenvalue weighted by Crippen LogP contribution is 2.34. The molecule has 0 N–H and O–H groups in total. The fraction of sp³-hybridized carbons (Fsp3) is 0.160. The summed E-state index contributed by atoms with van der Waals surface area (Å²) < 4.78 is 22.1. The summed E-state index contributed by atoms with van der Waals surface area (Å²) in [7, 11) is 3.11. The van der Waals surface area contributed by atoms with Gasteiger partial charge in [0.25, 0.3) is 0 Å². The van der Waals surface area contributed by atoms with Gasteiger partial charge < -0.3 is 18.6 Å². The van der Waals surface area contributed by atoms with E-state index in [0.29, 0.717) is 44.0 Å². The van der Waals surface area contributed by atoms with Crippen LogP contribution in [0.15, 0.2) is 63.8 Å². The summed E-state index contributed by atoms with van der Waals surface area (Å²) in [6.07, 6.45) is 0. The van der Waals surface area contributed by atoms with E-state index in [-0.39, 0.29) is 6.61 Å². The Bertz CT molecular complexity index is 1360. The molecule has 4 aromatic rings. The molecule has 5 nitrogen and oxygen atoms in total. The number of aryl methyl sites for hydroxylation is 1. The average Bonchev–Trinajstić information content (AvgIpc) is 2.78. The van der Waals surface area contributed by atoms with Crippen molar-refractivity contribution in [3.8, 4) is 28.4 Å². The van der Waals surface area contributed by atoms with Crippen LogP contribution in [0.1, 0.15) is 11.1 Å². The van der Waals surface area contributed by atoms with Crippen molar-refractivity contribution in [2.45, 2.75) is 13.5 Å². The molecule has 0 saturated heterocycles. The molecule has 0 spiro atoms. The Kier molecular flexibility index (Phi) is 6.31. The van der Waals surface area contributed by atoms with Crippen LogP contribution in [0.5, 0.6) is 17.2 Å². The highest BCUT2D eigenvalue weighted by molar-refractivity contribution is 6.35. The zero-order valence-electron chi connectivity index (χ0n) is 17.7. The Labute approximate surface area is 195 Å². The Morgan fingerprint density at radius 1 is 0.906 bits per heavy atom. The van der Waals surface area contributed by atoms with Crippen LogP contribution in [0.4, 0.5) is 0 Å². The lowest BCUT2D eigenvalue weighted by Gasteiger charge is -2.13. The summed E-state index contributed by atoms with van der Waals surface area (Å²) in [5.74, 6) is 1.68. The van der Waals surface area contributed by atoms with Crippen molar-refractivity contribution in [1.82, 2.24) is 0 Å². The summed E-state index contributed by atoms with van der Waals surface area (Å²) >= 11 is 12.1. The summed E-state index contributed by atoms with van der Waals surface area (Å²) in [5.41, 5.74) is 2.76. The molecule has 0 amide bonds. The summed E-state index contributed by atoms with van der Waals surface area (Å²) in [5, 5.41) is 1.90. The van der Waals surface area contributed by atoms with Crippen LogP contribution in [0, 0.1) is 6.92 Å². The van der Waals surface area contributed by atoms with Gasteiger partial charge in [0, 0.05) is 27.1 Å². The van der Waals surface area contributed by atoms with Gasteiger partial charge in [-0.25, -0.2) is 4.79 Å². The van der Waals surface area contributed by atoms with E-state index in [9.17, 15) is 4.79 Å². The van der Waals surface area contributed by atoms with E-state index in [0.717, 1.165) is 16.5 Å². The van der Waals surface area contributed by atoms with Gasteiger partial charge in [0.1, 0.15) is 17.9 Å². The lowest BCUT2D eigenvalue weighted by Crippen LogP contribution is -2.06. The van der Waals surface area contributed by atoms with Crippen LogP contribution < -0.4 is 19.8 Å². The molecule has 0 unspecified atom stereocenters. The standard InChI is InChI=1S/C25H20Cl2O5/c1-14-19-8-7-18(31-13-16-4-6-17(26)11-20(16)27)12-22(19)32-25(28)24(14)15-5-9-21(29-2)23(10-15)30-3/h4-12H,13H2,1-3H3. The molecule has 0 saturated carbocycles. The largest absolute Gasteiger partial charge is 0.493 e. The van der Waals surface area contributed by atoms with Gasteiger partial charge in [0.15, 0.2) is 11.5 Å². The van der Waals surface area contributed by atoms with Gasteiger partial charge in [-0.15, -0.1) is 0 Å². The second-order valence-electron chi connectivity index (χ2n) is 7.14. The molecule has 32 heavy (non-hydrogen) atoms. The molecule has 164 valence electrons. The highest BCUT2D eigenvalue weighted by atomic mass is 35.5. The van der Waals surface area contributed by atoms with E-state index >= 15 is 0 Å². The third kappa shape index (κ3) is 4.27. The normalized spacial score (nSPS) is 10.9. The molecule has 0 aliphatic heterocycles. The van der Waals surface area contributed by atoms with Crippen LogP contribution in [0.2, 0.25) is 10.0 Å². The topological polar surface area (TPSA) is 57.9 Å². The molecule has 7 heteroatoms. The predicted molar refractivity (Wildman–Crippen MR) is 127 cm³/mol. The van der Waals surface area contributed by atoms with Crippen LogP contribution in [0.25, 0.3) is 22.1 Å². The number of hydrogen-bond acceptors (Lipinski definition) is 5. The van der Waals surface area contributed by atoms with Gasteiger partial charge in [-0.05, 0) is 54.4 Å². The fourth-order valence-electron chi connectivity index (χ4n) is 3.55. The van der Waals surface area contributed by atoms with Crippen molar-refractivity contribution in [1.29, 1.82) is 0 Å². The maximum atomic E-state index is 12.9. The highest BCUT2D eigenvalue weighted by Gasteiger charge is 2.16. The first kappa shape index (κ1) is 22.1. The minimum absolute atomic E-state index is 0.258. The first-order valence-electron chi connectivity index (χ1n) is 9.78. The number of hydrogen-bond donors (Lipinski definition) is 0. The zero-order chi connectivity index (χ0) is 22.8. The molecule has 0 bridgehead atoms. The van der Waals surface area contributed by atoms with Gasteiger partial charge in [-0.2, -0.15) is 0 Å². The molecule has 0 aliphatic carbocycles. The molecular formula is C25H20Cl2O5. The van der Waals surface area contributed by atoms with Crippen LogP contribution in [-0.2, 0) is 6.61 Å². The predicted octanol–water partition coefficient (Wildman–Crippen LogP) is 6.67. The second-order valence-corrected chi connectivity index (χ2v) is 7.99. The van der Waals surface area contributed by atoms with E-state index in [2.05, 4.69) is 0 Å². The molecule has 1 aromatic heterocycles. The number of ether oxygens (including phenoxy) is 3. The maximum absolute atomic E-state index is 12.9. The third-order valence-corrected chi connectivity index (χ3v) is 5.81. The van der Waals surface area contributed by atoms with Crippen LogP contribution in [0.3, 0.4) is 0 Å². The molecule has 3 aromatic carbocycles. The second kappa shape index (κ2) is 9.15. The molecule has 0 aliphatic rings. The van der Waals surface area contributed by atoms with E-state index < -0.39 is 5.63 Å². The van der Waals surface area contributed by atoms with E-state index in [4.69, 9.17) is 41.8 Å². The van der Waals surface area contributed by atoms with Crippen molar-refractivity contribution in [2.75, 3.05) is 14.2 Å². The quantitative estimate of drug-likeness (QED) is 0.294. The third-order valence-electron chi connectivity index (χ3n) is 5.22. The molecule has 0 atom stereocenters. The smallest absolute Gasteiger partial charge is 0.344 e. The molecule has 0 radical (unpaired) electrons. The van der Waals surface area contributed by atoms with E-state index in [1.807, 2.05) is 25.1 Å². The van der Waals surface area contributed by atoms with E-state index in [1.54, 1.807) is 50.6 Å². The van der Waals surface area contributed by atoms with E-state index in [1.165, 1.54) is 0 Å². The Balaban J connectivity index is 1.68. The first-order valence-corrected chi connectivity index (χ1v) is 10.5. The molecule has 1 heterocycles. The summed E-state index contributed by atoms with van der Waals surface area (Å²) in [6.45, 7) is 2.15. The lowest BCUT2D eigenvalue weighted by atomic mass is 9.99. The summed E-state index contributed by atoms with van der Waals surface area (Å²) in [6, 6.07) is 16.0. The van der Waals surface area contributed by atoms with Gasteiger partial charge in [0.2, 0.25) is 0 Å². The Hall–Kier alpha value is -3.15. The monoisotopic (exact) mass is 470 g/mol. The first-order chi connectivity index (χ1) is 15.4.